The van der Waals surface area contributed by atoms with E-state index in [4.69, 9.17) is 5.73 Å². The molecular formula is C14H21BrN2O2S2. The average molecular weight is 393 g/mol. The van der Waals surface area contributed by atoms with Crippen LogP contribution >= 0.6 is 27.3 Å². The van der Waals surface area contributed by atoms with Crippen LogP contribution in [0.4, 0.5) is 0 Å². The molecule has 1 aliphatic heterocycles. The molecule has 0 aromatic carbocycles. The van der Waals surface area contributed by atoms with Crippen LogP contribution in [-0.2, 0) is 16.6 Å². The lowest BCUT2D eigenvalue weighted by molar-refractivity contribution is 0.389. The maximum Gasteiger partial charge on any atom is 0.245 e. The summed E-state index contributed by atoms with van der Waals surface area (Å²) in [6, 6.07) is 1.67. The smallest absolute Gasteiger partial charge is 0.245 e. The molecule has 21 heavy (non-hydrogen) atoms. The van der Waals surface area contributed by atoms with Crippen molar-refractivity contribution in [3.8, 4) is 0 Å². The molecule has 4 nitrogen and oxygen atoms in total. The molecule has 0 spiro atoms. The fourth-order valence-corrected chi connectivity index (χ4v) is 6.26. The Morgan fingerprint density at radius 1 is 1.43 bits per heavy atom. The van der Waals surface area contributed by atoms with Gasteiger partial charge in [0.05, 0.1) is 3.79 Å². The number of nitrogens with zero attached hydrogens (tertiary/aromatic N) is 1. The zero-order valence-corrected chi connectivity index (χ0v) is 15.7. The van der Waals surface area contributed by atoms with E-state index in [2.05, 4.69) is 36.7 Å². The molecule has 0 aliphatic carbocycles. The molecule has 0 unspecified atom stereocenters. The van der Waals surface area contributed by atoms with E-state index in [1.807, 2.05) is 6.08 Å². The Kier molecular flexibility index (Phi) is 5.00. The largest absolute Gasteiger partial charge is 0.326 e. The van der Waals surface area contributed by atoms with Crippen LogP contribution in [0.3, 0.4) is 0 Å². The second-order valence-electron chi connectivity index (χ2n) is 6.15. The third-order valence-corrected chi connectivity index (χ3v) is 7.80. The SMILES string of the molecule is CC(C)(C)C1=CCN(S(=O)(=O)c2cc(CN)sc2Br)CC1. The highest BCUT2D eigenvalue weighted by Gasteiger charge is 2.31. The van der Waals surface area contributed by atoms with Crippen molar-refractivity contribution in [1.82, 2.24) is 4.31 Å². The predicted molar refractivity (Wildman–Crippen MR) is 90.8 cm³/mol. The van der Waals surface area contributed by atoms with Gasteiger partial charge in [0.2, 0.25) is 10.0 Å². The molecular weight excluding hydrogens is 372 g/mol. The van der Waals surface area contributed by atoms with E-state index in [1.165, 1.54) is 21.2 Å². The van der Waals surface area contributed by atoms with Gasteiger partial charge in [-0.1, -0.05) is 32.4 Å². The van der Waals surface area contributed by atoms with Gasteiger partial charge in [-0.15, -0.1) is 11.3 Å². The van der Waals surface area contributed by atoms with Crippen molar-refractivity contribution in [2.75, 3.05) is 13.1 Å². The molecule has 7 heteroatoms. The molecule has 0 amide bonds. The van der Waals surface area contributed by atoms with E-state index < -0.39 is 10.0 Å². The van der Waals surface area contributed by atoms with Crippen molar-refractivity contribution < 1.29 is 8.42 Å². The number of hydrogen-bond donors (Lipinski definition) is 1. The summed E-state index contributed by atoms with van der Waals surface area (Å²) in [5.74, 6) is 0. The summed E-state index contributed by atoms with van der Waals surface area (Å²) in [5.41, 5.74) is 7.01. The lowest BCUT2D eigenvalue weighted by atomic mass is 9.83. The van der Waals surface area contributed by atoms with Crippen molar-refractivity contribution in [2.45, 2.75) is 38.6 Å². The highest BCUT2D eigenvalue weighted by atomic mass is 79.9. The molecule has 0 radical (unpaired) electrons. The monoisotopic (exact) mass is 392 g/mol. The Hall–Kier alpha value is -0.210. The molecule has 1 aliphatic rings. The van der Waals surface area contributed by atoms with E-state index in [1.54, 1.807) is 6.07 Å². The zero-order chi connectivity index (χ0) is 15.8. The Balaban J connectivity index is 2.26. The van der Waals surface area contributed by atoms with Crippen LogP contribution in [0.15, 0.2) is 26.4 Å². The topological polar surface area (TPSA) is 63.4 Å². The molecule has 118 valence electrons. The normalized spacial score (nSPS) is 17.9. The van der Waals surface area contributed by atoms with Gasteiger partial charge in [0.25, 0.3) is 0 Å². The van der Waals surface area contributed by atoms with Crippen LogP contribution in [0.5, 0.6) is 0 Å². The van der Waals surface area contributed by atoms with Crippen molar-refractivity contribution in [2.24, 2.45) is 11.1 Å². The van der Waals surface area contributed by atoms with Crippen LogP contribution in [0.2, 0.25) is 0 Å². The van der Waals surface area contributed by atoms with Gasteiger partial charge >= 0.3 is 0 Å². The Labute approximate surface area is 139 Å². The van der Waals surface area contributed by atoms with Gasteiger partial charge in [0.1, 0.15) is 4.90 Å². The van der Waals surface area contributed by atoms with Crippen LogP contribution in [0, 0.1) is 5.41 Å². The summed E-state index contributed by atoms with van der Waals surface area (Å²) >= 11 is 4.73. The molecule has 2 N–H and O–H groups in total. The number of rotatable bonds is 3. The first kappa shape index (κ1) is 17.1. The fourth-order valence-electron chi connectivity index (χ4n) is 2.36. The molecule has 2 rings (SSSR count). The van der Waals surface area contributed by atoms with Crippen molar-refractivity contribution >= 4 is 37.3 Å². The lowest BCUT2D eigenvalue weighted by Gasteiger charge is -2.31. The third-order valence-electron chi connectivity index (χ3n) is 3.66. The minimum absolute atomic E-state index is 0.103. The first-order chi connectivity index (χ1) is 9.66. The summed E-state index contributed by atoms with van der Waals surface area (Å²) in [6.45, 7) is 7.80. The Bertz CT molecular complexity index is 657. The standard InChI is InChI=1S/C14H21BrN2O2S2/c1-14(2,3)10-4-6-17(7-5-10)21(18,19)12-8-11(9-16)20-13(12)15/h4,8H,5-7,9,16H2,1-3H3. The number of thiophene rings is 1. The number of hydrogen-bond acceptors (Lipinski definition) is 4. The van der Waals surface area contributed by atoms with E-state index in [-0.39, 0.29) is 5.41 Å². The fraction of sp³-hybridized carbons (Fsp3) is 0.571. The van der Waals surface area contributed by atoms with Crippen molar-refractivity contribution in [3.05, 3.63) is 26.4 Å². The van der Waals surface area contributed by atoms with Crippen LogP contribution < -0.4 is 5.73 Å². The second-order valence-corrected chi connectivity index (χ2v) is 10.5. The van der Waals surface area contributed by atoms with Gasteiger partial charge in [-0.2, -0.15) is 4.31 Å². The molecule has 2 heterocycles. The lowest BCUT2D eigenvalue weighted by Crippen LogP contribution is -2.36. The van der Waals surface area contributed by atoms with Crippen molar-refractivity contribution in [3.63, 3.8) is 0 Å². The quantitative estimate of drug-likeness (QED) is 0.802. The number of nitrogens with two attached hydrogens (primary N) is 1. The van der Waals surface area contributed by atoms with Gasteiger partial charge < -0.3 is 5.73 Å². The molecule has 1 aromatic heterocycles. The maximum atomic E-state index is 12.7. The van der Waals surface area contributed by atoms with Gasteiger partial charge in [-0.05, 0) is 33.8 Å². The van der Waals surface area contributed by atoms with Crippen LogP contribution in [0.25, 0.3) is 0 Å². The summed E-state index contributed by atoms with van der Waals surface area (Å²) in [5, 5.41) is 0. The molecule has 0 bridgehead atoms. The molecule has 0 saturated carbocycles. The van der Waals surface area contributed by atoms with Crippen LogP contribution in [0.1, 0.15) is 32.1 Å². The van der Waals surface area contributed by atoms with Crippen molar-refractivity contribution in [1.29, 1.82) is 0 Å². The van der Waals surface area contributed by atoms with E-state index >= 15 is 0 Å². The van der Waals surface area contributed by atoms with Gasteiger partial charge in [0, 0.05) is 24.5 Å². The first-order valence-electron chi connectivity index (χ1n) is 6.84. The van der Waals surface area contributed by atoms with Gasteiger partial charge in [0.15, 0.2) is 0 Å². The highest BCUT2D eigenvalue weighted by molar-refractivity contribution is 9.11. The average Bonchev–Trinajstić information content (AvgIpc) is 2.80. The Morgan fingerprint density at radius 2 is 2.10 bits per heavy atom. The summed E-state index contributed by atoms with van der Waals surface area (Å²) in [4.78, 5) is 1.20. The number of halogens is 1. The Morgan fingerprint density at radius 3 is 2.52 bits per heavy atom. The molecule has 0 atom stereocenters. The highest BCUT2D eigenvalue weighted by Crippen LogP contribution is 2.36. The first-order valence-corrected chi connectivity index (χ1v) is 9.89. The second kappa shape index (κ2) is 6.12. The summed E-state index contributed by atoms with van der Waals surface area (Å²) < 4.78 is 27.6. The maximum absolute atomic E-state index is 12.7. The van der Waals surface area contributed by atoms with E-state index in [9.17, 15) is 8.42 Å². The van der Waals surface area contributed by atoms with Gasteiger partial charge in [-0.25, -0.2) is 8.42 Å². The van der Waals surface area contributed by atoms with E-state index in [0.29, 0.717) is 28.3 Å². The molecule has 0 saturated heterocycles. The summed E-state index contributed by atoms with van der Waals surface area (Å²) in [7, 11) is -3.45. The molecule has 0 fully saturated rings. The predicted octanol–water partition coefficient (Wildman–Crippen LogP) is 3.34. The van der Waals surface area contributed by atoms with Crippen LogP contribution in [-0.4, -0.2) is 25.8 Å². The number of sulfonamides is 1. The van der Waals surface area contributed by atoms with Gasteiger partial charge in [-0.3, -0.25) is 0 Å². The zero-order valence-electron chi connectivity index (χ0n) is 12.5. The molecule has 1 aromatic rings. The minimum Gasteiger partial charge on any atom is -0.326 e. The summed E-state index contributed by atoms with van der Waals surface area (Å²) in [6.07, 6.45) is 2.83. The third kappa shape index (κ3) is 3.59. The minimum atomic E-state index is -3.45. The van der Waals surface area contributed by atoms with E-state index in [0.717, 1.165) is 11.3 Å².